The van der Waals surface area contributed by atoms with E-state index >= 15 is 0 Å². The van der Waals surface area contributed by atoms with Gasteiger partial charge in [0.05, 0.1) is 15.7 Å². The molecule has 8 heteroatoms. The monoisotopic (exact) mass is 394 g/mol. The van der Waals surface area contributed by atoms with E-state index in [-0.39, 0.29) is 27.6 Å². The van der Waals surface area contributed by atoms with Gasteiger partial charge in [0, 0.05) is 11.4 Å². The van der Waals surface area contributed by atoms with Crippen molar-refractivity contribution in [2.75, 3.05) is 16.4 Å². The van der Waals surface area contributed by atoms with Crippen LogP contribution in [0.15, 0.2) is 42.5 Å². The van der Waals surface area contributed by atoms with Gasteiger partial charge in [0.2, 0.25) is 5.91 Å². The van der Waals surface area contributed by atoms with E-state index in [2.05, 4.69) is 16.0 Å². The molecule has 2 aromatic rings. The topological polar surface area (TPSA) is 96.2 Å². The lowest BCUT2D eigenvalue weighted by Crippen LogP contribution is -2.48. The smallest absolute Gasteiger partial charge is 0.319 e. The van der Waals surface area contributed by atoms with Gasteiger partial charge in [-0.15, -0.1) is 0 Å². The van der Waals surface area contributed by atoms with Gasteiger partial charge in [-0.25, -0.2) is 4.79 Å². The summed E-state index contributed by atoms with van der Waals surface area (Å²) in [5, 5.41) is 8.53. The van der Waals surface area contributed by atoms with Gasteiger partial charge in [-0.3, -0.25) is 4.79 Å². The van der Waals surface area contributed by atoms with Crippen molar-refractivity contribution in [3.63, 3.8) is 0 Å². The fourth-order valence-corrected chi connectivity index (χ4v) is 2.73. The van der Waals surface area contributed by atoms with Crippen LogP contribution in [0.2, 0.25) is 10.0 Å². The molecule has 0 saturated carbocycles. The molecule has 2 aromatic carbocycles. The first-order valence-electron chi connectivity index (χ1n) is 7.96. The lowest BCUT2D eigenvalue weighted by atomic mass is 10.0. The van der Waals surface area contributed by atoms with Crippen LogP contribution in [-0.4, -0.2) is 18.0 Å². The van der Waals surface area contributed by atoms with Gasteiger partial charge in [0.25, 0.3) is 0 Å². The number of halogens is 2. The maximum Gasteiger partial charge on any atom is 0.319 e. The van der Waals surface area contributed by atoms with E-state index in [1.807, 2.05) is 19.9 Å². The van der Waals surface area contributed by atoms with E-state index in [1.54, 1.807) is 24.3 Å². The van der Waals surface area contributed by atoms with Crippen molar-refractivity contribution in [2.45, 2.75) is 19.9 Å². The van der Waals surface area contributed by atoms with Crippen molar-refractivity contribution < 1.29 is 9.59 Å². The van der Waals surface area contributed by atoms with E-state index in [0.717, 1.165) is 0 Å². The van der Waals surface area contributed by atoms with Gasteiger partial charge in [-0.2, -0.15) is 0 Å². The number of hydrogen-bond acceptors (Lipinski definition) is 3. The second-order valence-corrected chi connectivity index (χ2v) is 6.84. The molecule has 0 aliphatic rings. The number of nitrogens with one attached hydrogen (secondary N) is 3. The summed E-state index contributed by atoms with van der Waals surface area (Å²) in [6.07, 6.45) is 0. The van der Waals surface area contributed by atoms with Crippen molar-refractivity contribution in [2.24, 2.45) is 5.92 Å². The van der Waals surface area contributed by atoms with Crippen LogP contribution < -0.4 is 21.7 Å². The number of amides is 3. The van der Waals surface area contributed by atoms with Crippen molar-refractivity contribution in [1.82, 2.24) is 5.32 Å². The van der Waals surface area contributed by atoms with Crippen LogP contribution in [0.3, 0.4) is 0 Å². The zero-order valence-electron chi connectivity index (χ0n) is 14.3. The molecule has 0 aromatic heterocycles. The highest BCUT2D eigenvalue weighted by molar-refractivity contribution is 6.39. The molecule has 0 spiro atoms. The summed E-state index contributed by atoms with van der Waals surface area (Å²) in [6, 6.07) is 10.7. The van der Waals surface area contributed by atoms with Crippen LogP contribution in [0.4, 0.5) is 21.9 Å². The predicted molar refractivity (Wildman–Crippen MR) is 107 cm³/mol. The first-order chi connectivity index (χ1) is 12.3. The Balaban J connectivity index is 2.06. The molecule has 0 radical (unpaired) electrons. The Morgan fingerprint density at radius 1 is 0.962 bits per heavy atom. The normalized spacial score (nSPS) is 11.7. The van der Waals surface area contributed by atoms with Crippen LogP contribution >= 0.6 is 23.2 Å². The summed E-state index contributed by atoms with van der Waals surface area (Å²) in [5.74, 6) is -0.531. The van der Waals surface area contributed by atoms with Crippen molar-refractivity contribution in [3.05, 3.63) is 52.5 Å². The van der Waals surface area contributed by atoms with E-state index in [1.165, 1.54) is 12.1 Å². The number of nitrogens with two attached hydrogens (primary N) is 1. The summed E-state index contributed by atoms with van der Waals surface area (Å²) in [4.78, 5) is 24.8. The number of rotatable bonds is 5. The minimum Gasteiger partial charge on any atom is -0.396 e. The van der Waals surface area contributed by atoms with E-state index in [9.17, 15) is 9.59 Å². The average molecular weight is 395 g/mol. The zero-order chi connectivity index (χ0) is 19.3. The Hall–Kier alpha value is -2.44. The third kappa shape index (κ3) is 5.28. The highest BCUT2D eigenvalue weighted by Crippen LogP contribution is 2.31. The summed E-state index contributed by atoms with van der Waals surface area (Å²) in [5.41, 5.74) is 6.96. The predicted octanol–water partition coefficient (Wildman–Crippen LogP) is 4.36. The van der Waals surface area contributed by atoms with Gasteiger partial charge >= 0.3 is 6.03 Å². The highest BCUT2D eigenvalue weighted by atomic mass is 35.5. The van der Waals surface area contributed by atoms with Gasteiger partial charge in [-0.05, 0) is 30.2 Å². The number of carbonyl (C=O) groups excluding carboxylic acids is 2. The molecule has 1 atom stereocenters. The summed E-state index contributed by atoms with van der Waals surface area (Å²) in [6.45, 7) is 3.66. The minimum absolute atomic E-state index is 0.142. The number of anilines is 3. The molecule has 0 bridgehead atoms. The second kappa shape index (κ2) is 8.78. The average Bonchev–Trinajstić information content (AvgIpc) is 2.58. The quantitative estimate of drug-likeness (QED) is 0.567. The van der Waals surface area contributed by atoms with Crippen LogP contribution in [0, 0.1) is 5.92 Å². The Morgan fingerprint density at radius 2 is 1.54 bits per heavy atom. The summed E-state index contributed by atoms with van der Waals surface area (Å²) >= 11 is 12.0. The largest absolute Gasteiger partial charge is 0.396 e. The Morgan fingerprint density at radius 3 is 2.08 bits per heavy atom. The Bertz CT molecular complexity index is 774. The maximum absolute atomic E-state index is 12.6. The first kappa shape index (κ1) is 19.9. The van der Waals surface area contributed by atoms with Crippen LogP contribution in [0.1, 0.15) is 13.8 Å². The van der Waals surface area contributed by atoms with Gasteiger partial charge in [-0.1, -0.05) is 55.2 Å². The standard InChI is InChI=1S/C18H20Cl2N4O2/c1-10(2)16(24-18(26)23-11-6-4-3-5-7-11)17(25)22-12-8-13(19)15(21)14(20)9-12/h3-10,16H,21H2,1-2H3,(H,22,25)(H2,23,24,26). The Kier molecular flexibility index (Phi) is 6.71. The molecule has 5 N–H and O–H groups in total. The lowest BCUT2D eigenvalue weighted by Gasteiger charge is -2.22. The van der Waals surface area contributed by atoms with Crippen LogP contribution in [-0.2, 0) is 4.79 Å². The zero-order valence-corrected chi connectivity index (χ0v) is 15.9. The summed E-state index contributed by atoms with van der Waals surface area (Å²) < 4.78 is 0. The van der Waals surface area contributed by atoms with E-state index in [0.29, 0.717) is 11.4 Å². The fraction of sp³-hybridized carbons (Fsp3) is 0.222. The van der Waals surface area contributed by atoms with Crippen molar-refractivity contribution >= 4 is 52.2 Å². The number of carbonyl (C=O) groups is 2. The maximum atomic E-state index is 12.6. The number of benzene rings is 2. The molecule has 0 aliphatic heterocycles. The number of nitrogen functional groups attached to an aromatic ring is 1. The fourth-order valence-electron chi connectivity index (χ4n) is 2.24. The molecule has 138 valence electrons. The Labute approximate surface area is 162 Å². The molecule has 0 heterocycles. The molecule has 0 saturated heterocycles. The third-order valence-electron chi connectivity index (χ3n) is 3.61. The molecular weight excluding hydrogens is 375 g/mol. The molecule has 2 rings (SSSR count). The van der Waals surface area contributed by atoms with E-state index in [4.69, 9.17) is 28.9 Å². The molecule has 26 heavy (non-hydrogen) atoms. The third-order valence-corrected chi connectivity index (χ3v) is 4.24. The van der Waals surface area contributed by atoms with Gasteiger partial charge in [0.1, 0.15) is 6.04 Å². The minimum atomic E-state index is -0.756. The molecule has 0 aliphatic carbocycles. The number of para-hydroxylation sites is 1. The lowest BCUT2D eigenvalue weighted by molar-refractivity contribution is -0.118. The van der Waals surface area contributed by atoms with E-state index < -0.39 is 12.1 Å². The SMILES string of the molecule is CC(C)C(NC(=O)Nc1ccccc1)C(=O)Nc1cc(Cl)c(N)c(Cl)c1. The van der Waals surface area contributed by atoms with Crippen molar-refractivity contribution in [1.29, 1.82) is 0 Å². The van der Waals surface area contributed by atoms with Crippen LogP contribution in [0.25, 0.3) is 0 Å². The van der Waals surface area contributed by atoms with Gasteiger partial charge in [0.15, 0.2) is 0 Å². The summed E-state index contributed by atoms with van der Waals surface area (Å²) in [7, 11) is 0. The number of urea groups is 1. The van der Waals surface area contributed by atoms with Gasteiger partial charge < -0.3 is 21.7 Å². The number of hydrogen-bond donors (Lipinski definition) is 4. The molecule has 0 fully saturated rings. The second-order valence-electron chi connectivity index (χ2n) is 6.03. The molecule has 3 amide bonds. The molecular formula is C18H20Cl2N4O2. The first-order valence-corrected chi connectivity index (χ1v) is 8.71. The van der Waals surface area contributed by atoms with Crippen LogP contribution in [0.5, 0.6) is 0 Å². The molecule has 6 nitrogen and oxygen atoms in total. The highest BCUT2D eigenvalue weighted by Gasteiger charge is 2.24. The molecule has 1 unspecified atom stereocenters. The van der Waals surface area contributed by atoms with Crippen molar-refractivity contribution in [3.8, 4) is 0 Å².